The first kappa shape index (κ1) is 73.1. The molecule has 0 radical (unpaired) electrons. The van der Waals surface area contributed by atoms with Gasteiger partial charge in [-0.2, -0.15) is 0 Å². The Balaban J connectivity index is 0.000000277. The Bertz CT molecular complexity index is 2490. The molecule has 0 unspecified atom stereocenters. The second-order valence-electron chi connectivity index (χ2n) is 22.0. The third-order valence-electron chi connectivity index (χ3n) is 14.2. The van der Waals surface area contributed by atoms with Crippen molar-refractivity contribution < 1.29 is 57.2 Å². The first-order valence-electron chi connectivity index (χ1n) is 30.7. The summed E-state index contributed by atoms with van der Waals surface area (Å²) in [7, 11) is 0. The Morgan fingerprint density at radius 2 is 0.512 bits per heavy atom. The monoisotopic (exact) mass is 1270 g/mol. The first-order chi connectivity index (χ1) is 41.7. The molecule has 0 aromatic heterocycles. The molecule has 6 rings (SSSR count). The zero-order chi connectivity index (χ0) is 62.1. The molecule has 0 amide bonds. The number of hydrogen-bond acceptors (Lipinski definition) is 12. The minimum Gasteiger partial charge on any atom is -0.508 e. The minimum atomic E-state index is -0.145. The maximum atomic E-state index is 9.47. The highest BCUT2D eigenvalue weighted by atomic mass is 79.9. The topological polar surface area (TPSA) is 122 Å². The molecule has 0 saturated carbocycles. The van der Waals surface area contributed by atoms with Gasteiger partial charge in [0.1, 0.15) is 54.3 Å². The lowest BCUT2D eigenvalue weighted by atomic mass is 9.78. The Morgan fingerprint density at radius 1 is 0.302 bits per heavy atom. The van der Waals surface area contributed by atoms with Crippen molar-refractivity contribution in [2.75, 3.05) is 124 Å². The summed E-state index contributed by atoms with van der Waals surface area (Å²) in [5.41, 5.74) is 6.95. The highest BCUT2D eigenvalue weighted by Gasteiger charge is 2.25. The normalized spacial score (nSPS) is 11.5. The lowest BCUT2D eigenvalue weighted by molar-refractivity contribution is 0.0366. The third-order valence-corrected chi connectivity index (χ3v) is 15.0. The summed E-state index contributed by atoms with van der Waals surface area (Å²) >= 11 is 9.12. The van der Waals surface area contributed by atoms with E-state index in [0.717, 1.165) is 98.2 Å². The molecule has 0 atom stereocenters. The fraction of sp³-hybridized carbons (Fsp3) is 0.500. The molecule has 0 saturated heterocycles. The van der Waals surface area contributed by atoms with Gasteiger partial charge in [-0.3, -0.25) is 0 Å². The van der Waals surface area contributed by atoms with Crippen molar-refractivity contribution in [1.82, 2.24) is 0 Å². The number of rotatable bonds is 41. The van der Waals surface area contributed by atoms with Crippen molar-refractivity contribution >= 4 is 27.5 Å². The van der Waals surface area contributed by atoms with E-state index in [1.54, 1.807) is 12.1 Å². The van der Waals surface area contributed by atoms with Crippen LogP contribution in [0.15, 0.2) is 146 Å². The number of phenols is 1. The van der Waals surface area contributed by atoms with Gasteiger partial charge in [0.2, 0.25) is 0 Å². The third kappa shape index (κ3) is 27.8. The summed E-state index contributed by atoms with van der Waals surface area (Å²) < 4.78 is 61.4. The van der Waals surface area contributed by atoms with E-state index in [1.807, 2.05) is 60.7 Å². The number of phenolic OH excluding ortho intramolecular Hbond substituents is 1. The Morgan fingerprint density at radius 3 is 0.744 bits per heavy atom. The van der Waals surface area contributed by atoms with E-state index < -0.39 is 0 Å². The fourth-order valence-electron chi connectivity index (χ4n) is 8.76. The van der Waals surface area contributed by atoms with Gasteiger partial charge in [0, 0.05) is 47.3 Å². The number of alkyl halides is 2. The van der Waals surface area contributed by atoms with Gasteiger partial charge in [0.05, 0.1) is 72.7 Å². The molecule has 0 aliphatic rings. The number of hydrogen-bond donors (Lipinski definition) is 1. The number of halogens is 2. The maximum absolute atomic E-state index is 9.47. The molecule has 0 heterocycles. The van der Waals surface area contributed by atoms with Gasteiger partial charge < -0.3 is 57.2 Å². The van der Waals surface area contributed by atoms with Gasteiger partial charge in [-0.05, 0) is 138 Å². The summed E-state index contributed by atoms with van der Waals surface area (Å²) in [6, 6.07) is 48.8. The van der Waals surface area contributed by atoms with E-state index in [1.165, 1.54) is 27.8 Å². The predicted molar refractivity (Wildman–Crippen MR) is 354 cm³/mol. The van der Waals surface area contributed by atoms with Gasteiger partial charge in [0.15, 0.2) is 0 Å². The van der Waals surface area contributed by atoms with Crippen LogP contribution >= 0.6 is 27.5 Å². The molecule has 86 heavy (non-hydrogen) atoms. The summed E-state index contributed by atoms with van der Waals surface area (Å²) in [4.78, 5) is 0. The van der Waals surface area contributed by atoms with Gasteiger partial charge in [-0.15, -0.1) is 11.6 Å². The van der Waals surface area contributed by atoms with Crippen molar-refractivity contribution in [2.45, 2.75) is 111 Å². The van der Waals surface area contributed by atoms with Crippen LogP contribution in [0.5, 0.6) is 34.5 Å². The molecule has 0 spiro atoms. The minimum absolute atomic E-state index is 0.103. The zero-order valence-corrected chi connectivity index (χ0v) is 55.4. The Hall–Kier alpha value is -5.35. The van der Waals surface area contributed by atoms with E-state index in [-0.39, 0.29) is 22.0 Å². The molecule has 6 aromatic rings. The molecule has 0 aliphatic heterocycles. The SMILES string of the molecule is CCCOCCOCCOc1ccc(C(C)(C)c2ccc(O)cc2)cc1.CCCOCCOCCOc1ccc(C(C)(C)c2ccc(OCCCBr)cc2)cc1.CCCOCCOCCOc1ccc(C(C)(C)c2ccc(OCCCCl)cc2)cc1. The zero-order valence-electron chi connectivity index (χ0n) is 53.0. The van der Waals surface area contributed by atoms with Crippen molar-refractivity contribution in [3.63, 3.8) is 0 Å². The molecular formula is C72H100BrClO12. The Kier molecular flexibility index (Phi) is 36.1. The average Bonchev–Trinajstić information content (AvgIpc) is 3.38. The molecule has 0 bridgehead atoms. The van der Waals surface area contributed by atoms with Crippen LogP contribution in [0.3, 0.4) is 0 Å². The van der Waals surface area contributed by atoms with Crippen LogP contribution in [-0.4, -0.2) is 129 Å². The predicted octanol–water partition coefficient (Wildman–Crippen LogP) is 16.4. The van der Waals surface area contributed by atoms with E-state index in [4.69, 9.17) is 63.7 Å². The fourth-order valence-corrected chi connectivity index (χ4v) is 9.10. The van der Waals surface area contributed by atoms with Crippen molar-refractivity contribution in [3.05, 3.63) is 179 Å². The van der Waals surface area contributed by atoms with E-state index in [2.05, 4.69) is 151 Å². The number of aromatic hydroxyl groups is 1. The average molecular weight is 1270 g/mol. The highest BCUT2D eigenvalue weighted by Crippen LogP contribution is 2.36. The standard InChI is InChI=1S/C25H35BrO4.C25H35ClO4.C22H30O4/c2*1-4-15-27-17-18-28-19-20-30-24-12-8-22(9-13-24)25(2,3)21-6-10-23(11-7-21)29-16-5-14-26;1-4-13-24-14-15-25-16-17-26-21-11-7-19(8-12-21)22(2,3)18-5-9-20(23)10-6-18/h2*6-13H,4-5,14-20H2,1-3H3;5-12,23H,4,13-17H2,1-3H3. The summed E-state index contributed by atoms with van der Waals surface area (Å²) in [5, 5.41) is 10.4. The van der Waals surface area contributed by atoms with Crippen LogP contribution in [-0.2, 0) is 44.7 Å². The lowest BCUT2D eigenvalue weighted by Gasteiger charge is -2.26. The molecule has 474 valence electrons. The second kappa shape index (κ2) is 42.5. The van der Waals surface area contributed by atoms with Crippen molar-refractivity contribution in [2.24, 2.45) is 0 Å². The molecule has 1 N–H and O–H groups in total. The largest absolute Gasteiger partial charge is 0.508 e. The molecule has 0 aliphatic carbocycles. The van der Waals surface area contributed by atoms with Gasteiger partial charge >= 0.3 is 0 Å². The smallest absolute Gasteiger partial charge is 0.119 e. The van der Waals surface area contributed by atoms with E-state index in [0.29, 0.717) is 91.8 Å². The van der Waals surface area contributed by atoms with Crippen molar-refractivity contribution in [3.8, 4) is 34.5 Å². The molecular weight excluding hydrogens is 1170 g/mol. The van der Waals surface area contributed by atoms with E-state index in [9.17, 15) is 5.11 Å². The quantitative estimate of drug-likeness (QED) is 0.0290. The molecule has 0 fully saturated rings. The first-order valence-corrected chi connectivity index (χ1v) is 32.4. The van der Waals surface area contributed by atoms with Crippen LogP contribution in [0, 0.1) is 0 Å². The van der Waals surface area contributed by atoms with Gasteiger partial charge in [-0.1, -0.05) is 151 Å². The van der Waals surface area contributed by atoms with Crippen LogP contribution in [0.4, 0.5) is 0 Å². The molecule has 12 nitrogen and oxygen atoms in total. The van der Waals surface area contributed by atoms with Gasteiger partial charge in [-0.25, -0.2) is 0 Å². The number of ether oxygens (including phenoxy) is 11. The van der Waals surface area contributed by atoms with Crippen LogP contribution in [0.1, 0.15) is 128 Å². The van der Waals surface area contributed by atoms with Crippen LogP contribution in [0.25, 0.3) is 0 Å². The second-order valence-corrected chi connectivity index (χ2v) is 23.2. The number of benzene rings is 6. The Labute approximate surface area is 529 Å². The summed E-state index contributed by atoms with van der Waals surface area (Å²) in [6.45, 7) is 30.3. The van der Waals surface area contributed by atoms with E-state index >= 15 is 0 Å². The van der Waals surface area contributed by atoms with Gasteiger partial charge in [0.25, 0.3) is 0 Å². The van der Waals surface area contributed by atoms with Crippen LogP contribution in [0.2, 0.25) is 0 Å². The summed E-state index contributed by atoms with van der Waals surface area (Å²) in [6.07, 6.45) is 4.95. The summed E-state index contributed by atoms with van der Waals surface area (Å²) in [5.74, 6) is 5.24. The molecule has 6 aromatic carbocycles. The van der Waals surface area contributed by atoms with Crippen LogP contribution < -0.4 is 23.7 Å². The lowest BCUT2D eigenvalue weighted by Crippen LogP contribution is -2.18. The maximum Gasteiger partial charge on any atom is 0.119 e. The molecule has 14 heteroatoms. The highest BCUT2D eigenvalue weighted by molar-refractivity contribution is 9.09. The van der Waals surface area contributed by atoms with Crippen molar-refractivity contribution in [1.29, 1.82) is 0 Å².